The van der Waals surface area contributed by atoms with Crippen LogP contribution in [0, 0.1) is 0 Å². The van der Waals surface area contributed by atoms with E-state index in [9.17, 15) is 17.8 Å². The van der Waals surface area contributed by atoms with E-state index >= 15 is 0 Å². The molecule has 10 heteroatoms. The third-order valence-corrected chi connectivity index (χ3v) is 7.44. The average Bonchev–Trinajstić information content (AvgIpc) is 3.34. The highest BCUT2D eigenvalue weighted by Gasteiger charge is 2.26. The first-order valence-electron chi connectivity index (χ1n) is 11.7. The van der Waals surface area contributed by atoms with Crippen LogP contribution in [0.1, 0.15) is 36.8 Å². The van der Waals surface area contributed by atoms with Crippen molar-refractivity contribution in [2.75, 3.05) is 36.8 Å². The molecule has 0 atom stereocenters. The maximum absolute atomic E-state index is 10.9. The van der Waals surface area contributed by atoms with Crippen molar-refractivity contribution in [3.63, 3.8) is 0 Å². The lowest BCUT2D eigenvalue weighted by atomic mass is 10.1. The summed E-state index contributed by atoms with van der Waals surface area (Å²) in [6.07, 6.45) is 3.55. The summed E-state index contributed by atoms with van der Waals surface area (Å²) < 4.78 is 41.0. The van der Waals surface area contributed by atoms with E-state index < -0.39 is 16.1 Å². The van der Waals surface area contributed by atoms with Gasteiger partial charge < -0.3 is 19.3 Å². The summed E-state index contributed by atoms with van der Waals surface area (Å²) in [5, 5.41) is 10.8. The van der Waals surface area contributed by atoms with E-state index in [4.69, 9.17) is 14.8 Å². The predicted octanol–water partition coefficient (Wildman–Crippen LogP) is 1.34. The second kappa shape index (κ2) is 8.99. The van der Waals surface area contributed by atoms with Gasteiger partial charge in [-0.25, -0.2) is 18.0 Å². The molecule has 0 aliphatic carbocycles. The van der Waals surface area contributed by atoms with Crippen molar-refractivity contribution in [1.82, 2.24) is 4.58 Å². The summed E-state index contributed by atoms with van der Waals surface area (Å²) in [5.74, 6) is 0.284. The number of unbranched alkanes of at least 4 members (excludes halogenated alkanes) is 1. The van der Waals surface area contributed by atoms with Crippen LogP contribution in [-0.4, -0.2) is 56.0 Å². The summed E-state index contributed by atoms with van der Waals surface area (Å²) in [4.78, 5) is 17.9. The summed E-state index contributed by atoms with van der Waals surface area (Å²) in [7, 11) is -4.17. The number of benzene rings is 2. The van der Waals surface area contributed by atoms with Crippen molar-refractivity contribution in [3.8, 4) is 11.5 Å². The molecule has 0 saturated carbocycles. The van der Waals surface area contributed by atoms with Gasteiger partial charge in [0.15, 0.2) is 11.5 Å². The van der Waals surface area contributed by atoms with Crippen molar-refractivity contribution in [3.05, 3.63) is 46.1 Å². The van der Waals surface area contributed by atoms with E-state index in [1.165, 1.54) is 11.1 Å². The number of ether oxygens (including phenoxy) is 1. The zero-order valence-corrected chi connectivity index (χ0v) is 19.6. The minimum absolute atomic E-state index is 0.157. The Hall–Kier alpha value is -2.98. The topological polar surface area (TPSA) is 122 Å². The van der Waals surface area contributed by atoms with Gasteiger partial charge in [-0.1, -0.05) is 0 Å². The second-order valence-electron chi connectivity index (χ2n) is 9.05. The van der Waals surface area contributed by atoms with Crippen LogP contribution in [0.3, 0.4) is 0 Å². The largest absolute Gasteiger partial charge is 0.748 e. The lowest BCUT2D eigenvalue weighted by Gasteiger charge is -2.21. The molecule has 0 amide bonds. The number of anilines is 1. The Balaban J connectivity index is 1.37. The van der Waals surface area contributed by atoms with Gasteiger partial charge in [-0.3, -0.25) is 4.79 Å². The fraction of sp³-hybridized carbons (Fsp3) is 0.458. The highest BCUT2D eigenvalue weighted by molar-refractivity contribution is 7.85. The highest BCUT2D eigenvalue weighted by Crippen LogP contribution is 2.41. The van der Waals surface area contributed by atoms with Crippen molar-refractivity contribution < 1.29 is 27.6 Å². The fourth-order valence-corrected chi connectivity index (χ4v) is 5.55. The Morgan fingerprint density at radius 2 is 1.97 bits per heavy atom. The Kier molecular flexibility index (Phi) is 6.03. The number of hydrogen-bond acceptors (Lipinski definition) is 7. The van der Waals surface area contributed by atoms with Gasteiger partial charge >= 0.3 is 5.97 Å². The molecule has 2 aromatic carbocycles. The lowest BCUT2D eigenvalue weighted by Crippen LogP contribution is -2.29. The van der Waals surface area contributed by atoms with Crippen molar-refractivity contribution in [2.24, 2.45) is 4.99 Å². The van der Waals surface area contributed by atoms with Crippen molar-refractivity contribution in [1.29, 1.82) is 0 Å². The van der Waals surface area contributed by atoms with Crippen molar-refractivity contribution in [2.45, 2.75) is 38.5 Å². The zero-order chi connectivity index (χ0) is 23.9. The quantitative estimate of drug-likeness (QED) is 0.276. The number of nitrogens with zero attached hydrogens (tertiary/aromatic N) is 3. The Bertz CT molecular complexity index is 1390. The Morgan fingerprint density at radius 1 is 1.12 bits per heavy atom. The normalized spacial score (nSPS) is 15.8. The molecule has 0 saturated heterocycles. The molecule has 0 unspecified atom stereocenters. The van der Waals surface area contributed by atoms with Gasteiger partial charge in [0.05, 0.1) is 22.6 Å². The predicted molar refractivity (Wildman–Crippen MR) is 125 cm³/mol. The fourth-order valence-electron chi connectivity index (χ4n) is 5.00. The minimum Gasteiger partial charge on any atom is -0.748 e. The standard InChI is InChI=1S/C24H27N3O6S/c28-24(29)4-3-8-27-10-6-17-13-19-23(15-21(17)27)33-22-14-20-16(12-18(22)25-19)5-9-26(20)7-1-2-11-34(30,31)32/h12-15H,1-11H2,(H-,28,29,30,31,32). The maximum atomic E-state index is 10.9. The molecule has 0 fully saturated rings. The van der Waals surface area contributed by atoms with E-state index in [2.05, 4.69) is 21.6 Å². The maximum Gasteiger partial charge on any atom is 0.303 e. The molecule has 3 aliphatic heterocycles. The first-order valence-corrected chi connectivity index (χ1v) is 13.2. The molecule has 9 nitrogen and oxygen atoms in total. The van der Waals surface area contributed by atoms with Gasteiger partial charge in [-0.15, -0.1) is 0 Å². The van der Waals surface area contributed by atoms with Gasteiger partial charge in [-0.2, -0.15) is 0 Å². The summed E-state index contributed by atoms with van der Waals surface area (Å²) in [6.45, 7) is 3.09. The average molecular weight is 486 g/mol. The van der Waals surface area contributed by atoms with Crippen LogP contribution in [0.15, 0.2) is 29.3 Å². The van der Waals surface area contributed by atoms with Crippen LogP contribution >= 0.6 is 0 Å². The summed E-state index contributed by atoms with van der Waals surface area (Å²) in [5.41, 5.74) is 4.27. The first kappa shape index (κ1) is 22.8. The third kappa shape index (κ3) is 4.78. The monoisotopic (exact) mass is 485 g/mol. The van der Waals surface area contributed by atoms with Crippen LogP contribution in [0.4, 0.5) is 11.4 Å². The van der Waals surface area contributed by atoms with Gasteiger partial charge in [0.1, 0.15) is 24.1 Å². The molecule has 0 bridgehead atoms. The van der Waals surface area contributed by atoms with E-state index in [0.717, 1.165) is 48.0 Å². The summed E-state index contributed by atoms with van der Waals surface area (Å²) >= 11 is 0. The SMILES string of the molecule is O=C(O)CCC[N+]1=c2cc3c(cc2CC1)=Nc1cc2c(cc1O3)N(CCCCS(=O)(=O)[O-])CC2. The molecular formula is C24H27N3O6S. The van der Waals surface area contributed by atoms with Gasteiger partial charge in [0.25, 0.3) is 0 Å². The van der Waals surface area contributed by atoms with E-state index in [-0.39, 0.29) is 12.2 Å². The molecule has 0 aromatic heterocycles. The van der Waals surface area contributed by atoms with E-state index in [1.54, 1.807) is 0 Å². The smallest absolute Gasteiger partial charge is 0.303 e. The number of aliphatic carboxylic acids is 1. The molecule has 3 heterocycles. The molecule has 1 N–H and O–H groups in total. The number of carboxylic acid groups (broad SMARTS) is 1. The van der Waals surface area contributed by atoms with Crippen molar-refractivity contribution >= 4 is 27.5 Å². The molecule has 180 valence electrons. The number of carbonyl (C=O) groups is 1. The number of carboxylic acids is 1. The van der Waals surface area contributed by atoms with Gasteiger partial charge in [-0.05, 0) is 37.0 Å². The number of hydrogen-bond donors (Lipinski definition) is 1. The molecule has 2 aromatic rings. The van der Waals surface area contributed by atoms with E-state index in [0.29, 0.717) is 43.9 Å². The second-order valence-corrected chi connectivity index (χ2v) is 10.6. The van der Waals surface area contributed by atoms with Crippen LogP contribution in [0.25, 0.3) is 0 Å². The molecule has 0 radical (unpaired) electrons. The molecule has 3 aliphatic rings. The van der Waals surface area contributed by atoms with E-state index in [1.807, 2.05) is 12.1 Å². The van der Waals surface area contributed by atoms with Crippen LogP contribution in [0.5, 0.6) is 11.5 Å². The third-order valence-electron chi connectivity index (χ3n) is 6.66. The number of rotatable bonds is 9. The molecular weight excluding hydrogens is 458 g/mol. The highest BCUT2D eigenvalue weighted by atomic mass is 32.2. The Labute approximate surface area is 197 Å². The van der Waals surface area contributed by atoms with Gasteiger partial charge in [0, 0.05) is 49.0 Å². The van der Waals surface area contributed by atoms with Crippen LogP contribution < -0.4 is 24.9 Å². The Morgan fingerprint density at radius 3 is 2.76 bits per heavy atom. The molecule has 0 spiro atoms. The van der Waals surface area contributed by atoms with Gasteiger partial charge in [0.2, 0.25) is 5.36 Å². The lowest BCUT2D eigenvalue weighted by molar-refractivity contribution is -0.137. The molecule has 34 heavy (non-hydrogen) atoms. The molecule has 5 rings (SSSR count). The zero-order valence-electron chi connectivity index (χ0n) is 18.8. The summed E-state index contributed by atoms with van der Waals surface area (Å²) in [6, 6.07) is 8.17. The number of fused-ring (bicyclic) bond motifs is 4. The minimum atomic E-state index is -4.17. The van der Waals surface area contributed by atoms with Crippen LogP contribution in [0.2, 0.25) is 0 Å². The first-order chi connectivity index (χ1) is 16.3. The van der Waals surface area contributed by atoms with Crippen LogP contribution in [-0.2, 0) is 27.8 Å².